The average Bonchev–Trinajstić information content (AvgIpc) is 2.20. The maximum absolute atomic E-state index is 10.7. The molecule has 15 heavy (non-hydrogen) atoms. The van der Waals surface area contributed by atoms with Crippen molar-refractivity contribution >= 4 is 30.2 Å². The first-order chi connectivity index (χ1) is 7.15. The van der Waals surface area contributed by atoms with Gasteiger partial charge >= 0.3 is 5.97 Å². The molecule has 0 unspecified atom stereocenters. The smallest absolute Gasteiger partial charge is 0.335 e. The van der Waals surface area contributed by atoms with Gasteiger partial charge in [-0.2, -0.15) is 12.6 Å². The molecule has 1 aromatic rings. The molecule has 0 saturated heterocycles. The van der Waals surface area contributed by atoms with Crippen molar-refractivity contribution in [3.8, 4) is 11.8 Å². The molecule has 0 amide bonds. The zero-order valence-corrected chi connectivity index (χ0v) is 9.48. The van der Waals surface area contributed by atoms with Crippen LogP contribution in [0.3, 0.4) is 0 Å². The fourth-order valence-electron chi connectivity index (χ4n) is 0.968. The van der Waals surface area contributed by atoms with Crippen LogP contribution in [-0.2, 0) is 0 Å². The minimum absolute atomic E-state index is 0.189. The molecule has 4 heteroatoms. The Labute approximate surface area is 98.7 Å². The third kappa shape index (κ3) is 3.50. The van der Waals surface area contributed by atoms with Crippen molar-refractivity contribution in [1.82, 2.24) is 0 Å². The summed E-state index contributed by atoms with van der Waals surface area (Å²) in [6, 6.07) is 4.46. The predicted octanol–water partition coefficient (Wildman–Crippen LogP) is 2.71. The van der Waals surface area contributed by atoms with Crippen molar-refractivity contribution in [3.63, 3.8) is 0 Å². The largest absolute Gasteiger partial charge is 0.478 e. The van der Waals surface area contributed by atoms with Crippen molar-refractivity contribution in [2.75, 3.05) is 5.75 Å². The van der Waals surface area contributed by atoms with Crippen LogP contribution in [0.2, 0.25) is 5.02 Å². The number of aromatic carboxylic acids is 1. The Morgan fingerprint density at radius 1 is 1.53 bits per heavy atom. The Morgan fingerprint density at radius 3 is 2.87 bits per heavy atom. The van der Waals surface area contributed by atoms with Crippen LogP contribution in [0.25, 0.3) is 0 Å². The molecule has 0 atom stereocenters. The highest BCUT2D eigenvalue weighted by Gasteiger charge is 2.05. The number of rotatable bonds is 2. The van der Waals surface area contributed by atoms with Gasteiger partial charge < -0.3 is 5.11 Å². The van der Waals surface area contributed by atoms with Crippen molar-refractivity contribution in [2.24, 2.45) is 0 Å². The molecule has 1 N–H and O–H groups in total. The van der Waals surface area contributed by atoms with Gasteiger partial charge in [0.1, 0.15) is 0 Å². The van der Waals surface area contributed by atoms with Gasteiger partial charge in [-0.05, 0) is 18.2 Å². The topological polar surface area (TPSA) is 37.3 Å². The van der Waals surface area contributed by atoms with Crippen LogP contribution in [0.5, 0.6) is 0 Å². The van der Waals surface area contributed by atoms with E-state index in [4.69, 9.17) is 16.7 Å². The van der Waals surface area contributed by atoms with Crippen LogP contribution in [0.1, 0.15) is 22.3 Å². The molecule has 0 fully saturated rings. The predicted molar refractivity (Wildman–Crippen MR) is 63.8 cm³/mol. The molecule has 2 nitrogen and oxygen atoms in total. The highest BCUT2D eigenvalue weighted by molar-refractivity contribution is 7.80. The van der Waals surface area contributed by atoms with Gasteiger partial charge in [0.05, 0.1) is 10.6 Å². The zero-order chi connectivity index (χ0) is 11.3. The van der Waals surface area contributed by atoms with E-state index in [1.165, 1.54) is 18.2 Å². The van der Waals surface area contributed by atoms with E-state index in [-0.39, 0.29) is 5.56 Å². The molecule has 1 aromatic carbocycles. The summed E-state index contributed by atoms with van der Waals surface area (Å²) < 4.78 is 0. The monoisotopic (exact) mass is 240 g/mol. The number of halogens is 1. The van der Waals surface area contributed by atoms with Crippen molar-refractivity contribution in [2.45, 2.75) is 6.42 Å². The van der Waals surface area contributed by atoms with Gasteiger partial charge in [-0.25, -0.2) is 4.79 Å². The molecule has 0 aliphatic heterocycles. The molecule has 0 bridgehead atoms. The fraction of sp³-hybridized carbons (Fsp3) is 0.182. The Bertz CT molecular complexity index is 432. The fourth-order valence-corrected chi connectivity index (χ4v) is 1.24. The zero-order valence-electron chi connectivity index (χ0n) is 7.83. The van der Waals surface area contributed by atoms with Gasteiger partial charge in [0, 0.05) is 17.7 Å². The lowest BCUT2D eigenvalue weighted by Crippen LogP contribution is -1.96. The van der Waals surface area contributed by atoms with Gasteiger partial charge in [-0.15, -0.1) is 0 Å². The number of carboxylic acid groups (broad SMARTS) is 1. The average molecular weight is 241 g/mol. The summed E-state index contributed by atoms with van der Waals surface area (Å²) in [7, 11) is 0. The Morgan fingerprint density at radius 2 is 2.27 bits per heavy atom. The second-order valence-electron chi connectivity index (χ2n) is 2.78. The van der Waals surface area contributed by atoms with E-state index in [2.05, 4.69) is 24.5 Å². The standard InChI is InChI=1S/C11H9ClO2S/c12-10-5-4-9(11(13)14)7-8(10)3-1-2-6-15/h4-5,7,15H,2,6H2,(H,13,14). The minimum Gasteiger partial charge on any atom is -0.478 e. The Balaban J connectivity index is 3.02. The molecule has 78 valence electrons. The number of hydrogen-bond acceptors (Lipinski definition) is 2. The van der Waals surface area contributed by atoms with E-state index >= 15 is 0 Å². The quantitative estimate of drug-likeness (QED) is 0.616. The van der Waals surface area contributed by atoms with Crippen molar-refractivity contribution in [1.29, 1.82) is 0 Å². The lowest BCUT2D eigenvalue weighted by Gasteiger charge is -1.98. The molecular weight excluding hydrogens is 232 g/mol. The Hall–Kier alpha value is -1.11. The van der Waals surface area contributed by atoms with Crippen LogP contribution in [0, 0.1) is 11.8 Å². The third-order valence-electron chi connectivity index (χ3n) is 1.67. The molecule has 0 heterocycles. The second-order valence-corrected chi connectivity index (χ2v) is 3.63. The first-order valence-electron chi connectivity index (χ1n) is 4.27. The van der Waals surface area contributed by atoms with Crippen LogP contribution in [0.4, 0.5) is 0 Å². The van der Waals surface area contributed by atoms with Gasteiger partial charge in [0.15, 0.2) is 0 Å². The first-order valence-corrected chi connectivity index (χ1v) is 5.28. The lowest BCUT2D eigenvalue weighted by molar-refractivity contribution is 0.0697. The third-order valence-corrected chi connectivity index (χ3v) is 2.23. The van der Waals surface area contributed by atoms with Crippen LogP contribution >= 0.6 is 24.2 Å². The van der Waals surface area contributed by atoms with E-state index in [1.54, 1.807) is 0 Å². The summed E-state index contributed by atoms with van der Waals surface area (Å²) in [6.07, 6.45) is 0.650. The van der Waals surface area contributed by atoms with E-state index in [1.807, 2.05) is 0 Å². The van der Waals surface area contributed by atoms with Gasteiger partial charge in [0.2, 0.25) is 0 Å². The van der Waals surface area contributed by atoms with Crippen molar-refractivity contribution in [3.05, 3.63) is 34.3 Å². The summed E-state index contributed by atoms with van der Waals surface area (Å²) in [4.78, 5) is 10.7. The molecule has 0 saturated carbocycles. The maximum Gasteiger partial charge on any atom is 0.335 e. The molecule has 0 aromatic heterocycles. The normalized spacial score (nSPS) is 9.20. The molecule has 0 radical (unpaired) electrons. The van der Waals surface area contributed by atoms with Crippen LogP contribution < -0.4 is 0 Å². The summed E-state index contributed by atoms with van der Waals surface area (Å²) in [5.41, 5.74) is 0.730. The number of hydrogen-bond donors (Lipinski definition) is 2. The highest BCUT2D eigenvalue weighted by atomic mass is 35.5. The lowest BCUT2D eigenvalue weighted by atomic mass is 10.1. The first kappa shape index (κ1) is 12.0. The van der Waals surface area contributed by atoms with Gasteiger partial charge in [-0.3, -0.25) is 0 Å². The SMILES string of the molecule is O=C(O)c1ccc(Cl)c(C#CCCS)c1. The van der Waals surface area contributed by atoms with E-state index < -0.39 is 5.97 Å². The summed E-state index contributed by atoms with van der Waals surface area (Å²) >= 11 is 9.88. The highest BCUT2D eigenvalue weighted by Crippen LogP contribution is 2.16. The van der Waals surface area contributed by atoms with E-state index in [0.717, 1.165) is 0 Å². The van der Waals surface area contributed by atoms with Gasteiger partial charge in [0.25, 0.3) is 0 Å². The maximum atomic E-state index is 10.7. The molecule has 0 aliphatic carbocycles. The molecule has 1 rings (SSSR count). The van der Waals surface area contributed by atoms with Crippen LogP contribution in [-0.4, -0.2) is 16.8 Å². The molecule has 0 aliphatic rings. The number of benzene rings is 1. The summed E-state index contributed by atoms with van der Waals surface area (Å²) in [5.74, 6) is 5.36. The van der Waals surface area contributed by atoms with Crippen molar-refractivity contribution < 1.29 is 9.90 Å². The van der Waals surface area contributed by atoms with E-state index in [9.17, 15) is 4.79 Å². The Kier molecular flexibility index (Phi) is 4.54. The molecule has 0 spiro atoms. The van der Waals surface area contributed by atoms with Crippen LogP contribution in [0.15, 0.2) is 18.2 Å². The molecular formula is C11H9ClO2S. The number of carboxylic acids is 1. The summed E-state index contributed by atoms with van der Waals surface area (Å²) in [5, 5.41) is 9.23. The minimum atomic E-state index is -0.982. The summed E-state index contributed by atoms with van der Waals surface area (Å²) in [6.45, 7) is 0. The van der Waals surface area contributed by atoms with E-state index in [0.29, 0.717) is 22.8 Å². The second kappa shape index (κ2) is 5.69. The number of thiol groups is 1. The number of carbonyl (C=O) groups is 1. The van der Waals surface area contributed by atoms with Gasteiger partial charge in [-0.1, -0.05) is 23.4 Å².